The van der Waals surface area contributed by atoms with Gasteiger partial charge in [-0.1, -0.05) is 18.2 Å². The van der Waals surface area contributed by atoms with Gasteiger partial charge >= 0.3 is 0 Å². The first kappa shape index (κ1) is 15.8. The van der Waals surface area contributed by atoms with Crippen molar-refractivity contribution in [3.63, 3.8) is 0 Å². The summed E-state index contributed by atoms with van der Waals surface area (Å²) in [4.78, 5) is 6.98. The molecule has 128 valence electrons. The molecule has 1 unspecified atom stereocenters. The molecule has 4 rings (SSSR count). The summed E-state index contributed by atoms with van der Waals surface area (Å²) in [6.45, 7) is 1.65. The van der Waals surface area contributed by atoms with Gasteiger partial charge in [-0.15, -0.1) is 0 Å². The number of sulfonamides is 1. The van der Waals surface area contributed by atoms with Crippen LogP contribution in [0.4, 0.5) is 5.82 Å². The lowest BCUT2D eigenvalue weighted by Gasteiger charge is -2.37. The second kappa shape index (κ2) is 6.01. The van der Waals surface area contributed by atoms with E-state index in [1.165, 1.54) is 0 Å². The Hall–Kier alpha value is -1.66. The minimum Gasteiger partial charge on any atom is -0.355 e. The third-order valence-electron chi connectivity index (χ3n) is 5.17. The number of pyridine rings is 1. The number of piperidine rings is 1. The Morgan fingerprint density at radius 2 is 1.92 bits per heavy atom. The fourth-order valence-corrected chi connectivity index (χ4v) is 5.29. The van der Waals surface area contributed by atoms with Crippen molar-refractivity contribution >= 4 is 26.7 Å². The van der Waals surface area contributed by atoms with E-state index in [1.807, 2.05) is 24.3 Å². The van der Waals surface area contributed by atoms with Crippen molar-refractivity contribution in [3.8, 4) is 0 Å². The van der Waals surface area contributed by atoms with Crippen molar-refractivity contribution in [3.05, 3.63) is 36.4 Å². The molecule has 0 N–H and O–H groups in total. The Morgan fingerprint density at radius 3 is 2.71 bits per heavy atom. The van der Waals surface area contributed by atoms with Crippen LogP contribution >= 0.6 is 0 Å². The topological polar surface area (TPSA) is 53.5 Å². The van der Waals surface area contributed by atoms with Gasteiger partial charge in [-0.25, -0.2) is 13.4 Å². The van der Waals surface area contributed by atoms with E-state index < -0.39 is 10.0 Å². The monoisotopic (exact) mass is 345 g/mol. The first-order valence-corrected chi connectivity index (χ1v) is 10.1. The van der Waals surface area contributed by atoms with Gasteiger partial charge in [0.15, 0.2) is 0 Å². The summed E-state index contributed by atoms with van der Waals surface area (Å²) >= 11 is 0. The molecular weight excluding hydrogens is 322 g/mol. The summed E-state index contributed by atoms with van der Waals surface area (Å²) in [6, 6.07) is 12.3. The standard InChI is InChI=1S/C18H23N3O2S/c1-20(24(22,23)16-9-10-16)15-6-4-12-21(13-15)18-11-8-14-5-2-3-7-17(14)19-18/h2-3,5,7-8,11,15-16H,4,6,9-10,12-13H2,1H3. The van der Waals surface area contributed by atoms with E-state index in [-0.39, 0.29) is 11.3 Å². The molecule has 1 aliphatic carbocycles. The average molecular weight is 345 g/mol. The van der Waals surface area contributed by atoms with Crippen molar-refractivity contribution in [1.29, 1.82) is 0 Å². The van der Waals surface area contributed by atoms with Crippen molar-refractivity contribution in [1.82, 2.24) is 9.29 Å². The first-order chi connectivity index (χ1) is 11.6. The van der Waals surface area contributed by atoms with E-state index >= 15 is 0 Å². The molecule has 2 heterocycles. The Bertz CT molecular complexity index is 848. The maximum Gasteiger partial charge on any atom is 0.217 e. The largest absolute Gasteiger partial charge is 0.355 e. The van der Waals surface area contributed by atoms with Crippen LogP contribution in [-0.2, 0) is 10.0 Å². The van der Waals surface area contributed by atoms with Crippen molar-refractivity contribution in [2.75, 3.05) is 25.0 Å². The van der Waals surface area contributed by atoms with Crippen LogP contribution in [0.3, 0.4) is 0 Å². The highest BCUT2D eigenvalue weighted by Gasteiger charge is 2.41. The molecule has 1 saturated heterocycles. The molecule has 0 amide bonds. The van der Waals surface area contributed by atoms with Gasteiger partial charge in [-0.05, 0) is 43.9 Å². The quantitative estimate of drug-likeness (QED) is 0.855. The van der Waals surface area contributed by atoms with Crippen LogP contribution in [0.5, 0.6) is 0 Å². The van der Waals surface area contributed by atoms with Crippen LogP contribution < -0.4 is 4.90 Å². The number of fused-ring (bicyclic) bond motifs is 1. The molecule has 1 aromatic heterocycles. The van der Waals surface area contributed by atoms with Crippen LogP contribution in [-0.4, -0.2) is 49.1 Å². The molecule has 0 bridgehead atoms. The molecular formula is C18H23N3O2S. The van der Waals surface area contributed by atoms with Crippen molar-refractivity contribution < 1.29 is 8.42 Å². The molecule has 6 heteroatoms. The number of hydrogen-bond acceptors (Lipinski definition) is 4. The summed E-state index contributed by atoms with van der Waals surface area (Å²) in [7, 11) is -1.37. The number of hydrogen-bond donors (Lipinski definition) is 0. The first-order valence-electron chi connectivity index (χ1n) is 8.63. The molecule has 24 heavy (non-hydrogen) atoms. The van der Waals surface area contributed by atoms with Crippen LogP contribution in [0.1, 0.15) is 25.7 Å². The van der Waals surface area contributed by atoms with Crippen molar-refractivity contribution in [2.45, 2.75) is 37.0 Å². The molecule has 5 nitrogen and oxygen atoms in total. The van der Waals surface area contributed by atoms with Crippen LogP contribution in [0.15, 0.2) is 36.4 Å². The van der Waals surface area contributed by atoms with Gasteiger partial charge in [0.1, 0.15) is 5.82 Å². The summed E-state index contributed by atoms with van der Waals surface area (Å²) < 4.78 is 26.6. The van der Waals surface area contributed by atoms with Gasteiger partial charge in [0.05, 0.1) is 10.8 Å². The second-order valence-corrected chi connectivity index (χ2v) is 9.14. The molecule has 1 aromatic carbocycles. The van der Waals surface area contributed by atoms with Gasteiger partial charge < -0.3 is 4.90 Å². The number of likely N-dealkylation sites (N-methyl/N-ethyl adjacent to an activating group) is 1. The normalized spacial score (nSPS) is 22.2. The molecule has 2 fully saturated rings. The van der Waals surface area contributed by atoms with Crippen LogP contribution in [0.2, 0.25) is 0 Å². The highest BCUT2D eigenvalue weighted by Crippen LogP contribution is 2.33. The van der Waals surface area contributed by atoms with E-state index in [2.05, 4.69) is 17.0 Å². The van der Waals surface area contributed by atoms with Crippen LogP contribution in [0.25, 0.3) is 10.9 Å². The Balaban J connectivity index is 1.55. The Morgan fingerprint density at radius 1 is 1.12 bits per heavy atom. The summed E-state index contributed by atoms with van der Waals surface area (Å²) in [5.74, 6) is 0.940. The number of benzene rings is 1. The zero-order valence-electron chi connectivity index (χ0n) is 13.9. The smallest absolute Gasteiger partial charge is 0.217 e. The third-order valence-corrected chi connectivity index (χ3v) is 7.58. The van der Waals surface area contributed by atoms with E-state index in [9.17, 15) is 8.42 Å². The SMILES string of the molecule is CN(C1CCCN(c2ccc3ccccc3n2)C1)S(=O)(=O)C1CC1. The predicted molar refractivity (Wildman–Crippen MR) is 96.7 cm³/mol. The Labute approximate surface area is 143 Å². The predicted octanol–water partition coefficient (Wildman–Crippen LogP) is 2.63. The molecule has 1 aliphatic heterocycles. The van der Waals surface area contributed by atoms with Gasteiger partial charge in [-0.3, -0.25) is 0 Å². The molecule has 0 radical (unpaired) electrons. The minimum atomic E-state index is -3.12. The van der Waals surface area contributed by atoms with E-state index in [0.717, 1.165) is 48.9 Å². The lowest BCUT2D eigenvalue weighted by Crippen LogP contribution is -2.49. The molecule has 1 atom stereocenters. The summed E-state index contributed by atoms with van der Waals surface area (Å²) in [5, 5.41) is 0.986. The number of aromatic nitrogens is 1. The average Bonchev–Trinajstić information content (AvgIpc) is 3.46. The van der Waals surface area contributed by atoms with Crippen molar-refractivity contribution in [2.24, 2.45) is 0 Å². The third kappa shape index (κ3) is 2.89. The molecule has 1 saturated carbocycles. The van der Waals surface area contributed by atoms with Gasteiger partial charge in [0.2, 0.25) is 10.0 Å². The molecule has 2 aliphatic rings. The fraction of sp³-hybridized carbons (Fsp3) is 0.500. The van der Waals surface area contributed by atoms with E-state index in [4.69, 9.17) is 4.98 Å². The number of para-hydroxylation sites is 1. The highest BCUT2D eigenvalue weighted by atomic mass is 32.2. The number of rotatable bonds is 4. The summed E-state index contributed by atoms with van der Waals surface area (Å²) in [6.07, 6.45) is 3.54. The number of nitrogens with zero attached hydrogens (tertiary/aromatic N) is 3. The van der Waals surface area contributed by atoms with Gasteiger partial charge in [-0.2, -0.15) is 4.31 Å². The number of anilines is 1. The minimum absolute atomic E-state index is 0.0395. The molecule has 0 spiro atoms. The fourth-order valence-electron chi connectivity index (χ4n) is 3.50. The van der Waals surface area contributed by atoms with Gasteiger partial charge in [0.25, 0.3) is 0 Å². The van der Waals surface area contributed by atoms with Crippen LogP contribution in [0, 0.1) is 0 Å². The molecule has 2 aromatic rings. The maximum atomic E-state index is 12.5. The highest BCUT2D eigenvalue weighted by molar-refractivity contribution is 7.90. The lowest BCUT2D eigenvalue weighted by molar-refractivity contribution is 0.319. The lowest BCUT2D eigenvalue weighted by atomic mass is 10.1. The van der Waals surface area contributed by atoms with E-state index in [1.54, 1.807) is 11.4 Å². The maximum absolute atomic E-state index is 12.5. The zero-order valence-corrected chi connectivity index (χ0v) is 14.7. The zero-order chi connectivity index (χ0) is 16.7. The Kier molecular flexibility index (Phi) is 3.96. The van der Waals surface area contributed by atoms with Gasteiger partial charge in [0, 0.05) is 31.6 Å². The second-order valence-electron chi connectivity index (χ2n) is 6.86. The van der Waals surface area contributed by atoms with E-state index in [0.29, 0.717) is 6.54 Å². The summed E-state index contributed by atoms with van der Waals surface area (Å²) in [5.41, 5.74) is 0.982.